The topological polar surface area (TPSA) is 46.4 Å². The van der Waals surface area contributed by atoms with Gasteiger partial charge in [-0.3, -0.25) is 9.20 Å². The van der Waals surface area contributed by atoms with Gasteiger partial charge in [-0.15, -0.1) is 0 Å². The van der Waals surface area contributed by atoms with Crippen LogP contribution in [0.15, 0.2) is 53.5 Å². The van der Waals surface area contributed by atoms with Crippen molar-refractivity contribution >= 4 is 28.8 Å². The monoisotopic (exact) mass is 347 g/mol. The molecule has 118 valence electrons. The third kappa shape index (κ3) is 3.72. The highest BCUT2D eigenvalue weighted by Crippen LogP contribution is 2.16. The van der Waals surface area contributed by atoms with E-state index in [9.17, 15) is 4.79 Å². The lowest BCUT2D eigenvalue weighted by atomic mass is 10.1. The summed E-state index contributed by atoms with van der Waals surface area (Å²) in [5, 5.41) is 4.57. The number of hydrogen-bond acceptors (Lipinski definition) is 3. The van der Waals surface area contributed by atoms with E-state index in [1.54, 1.807) is 18.3 Å². The van der Waals surface area contributed by atoms with Gasteiger partial charge in [0.05, 0.1) is 10.7 Å². The summed E-state index contributed by atoms with van der Waals surface area (Å²) in [6.45, 7) is 2.55. The average Bonchev–Trinajstić information content (AvgIpc) is 2.54. The number of nitrogens with zero attached hydrogens (tertiary/aromatic N) is 2. The van der Waals surface area contributed by atoms with E-state index in [1.807, 2.05) is 24.3 Å². The minimum atomic E-state index is -0.145. The number of rotatable bonds is 4. The van der Waals surface area contributed by atoms with Crippen molar-refractivity contribution in [3.8, 4) is 0 Å². The van der Waals surface area contributed by atoms with Crippen molar-refractivity contribution in [3.05, 3.63) is 80.3 Å². The Hall–Kier alpha value is -1.88. The molecule has 0 bridgehead atoms. The second-order valence-electron chi connectivity index (χ2n) is 5.32. The molecule has 6 heteroatoms. The van der Waals surface area contributed by atoms with Crippen LogP contribution in [0.25, 0.3) is 5.65 Å². The number of hydrogen-bond donors (Lipinski definition) is 1. The van der Waals surface area contributed by atoms with Gasteiger partial charge in [0.1, 0.15) is 5.65 Å². The number of pyridine rings is 1. The molecule has 1 atom stereocenters. The molecule has 0 unspecified atom stereocenters. The van der Waals surface area contributed by atoms with Crippen molar-refractivity contribution in [2.45, 2.75) is 19.5 Å². The zero-order valence-electron chi connectivity index (χ0n) is 12.5. The fourth-order valence-electron chi connectivity index (χ4n) is 2.34. The summed E-state index contributed by atoms with van der Waals surface area (Å²) in [6.07, 6.45) is 1.57. The molecule has 2 heterocycles. The Bertz CT molecular complexity index is 890. The van der Waals surface area contributed by atoms with Crippen molar-refractivity contribution in [1.82, 2.24) is 14.7 Å². The Kier molecular flexibility index (Phi) is 4.66. The quantitative estimate of drug-likeness (QED) is 0.779. The smallest absolute Gasteiger partial charge is 0.258 e. The van der Waals surface area contributed by atoms with Crippen LogP contribution in [0, 0.1) is 0 Å². The zero-order chi connectivity index (χ0) is 16.4. The lowest BCUT2D eigenvalue weighted by Crippen LogP contribution is -2.22. The Morgan fingerprint density at radius 2 is 1.83 bits per heavy atom. The third-order valence-electron chi connectivity index (χ3n) is 3.64. The fourth-order valence-corrected chi connectivity index (χ4v) is 2.63. The minimum Gasteiger partial charge on any atom is -0.305 e. The van der Waals surface area contributed by atoms with Crippen LogP contribution in [0.3, 0.4) is 0 Å². The van der Waals surface area contributed by atoms with Crippen LogP contribution in [0.4, 0.5) is 0 Å². The number of fused-ring (bicyclic) bond motifs is 1. The predicted molar refractivity (Wildman–Crippen MR) is 93.2 cm³/mol. The van der Waals surface area contributed by atoms with Gasteiger partial charge >= 0.3 is 0 Å². The fraction of sp³-hybridized carbons (Fsp3) is 0.176. The maximum absolute atomic E-state index is 12.1. The third-order valence-corrected chi connectivity index (χ3v) is 4.11. The highest BCUT2D eigenvalue weighted by molar-refractivity contribution is 6.30. The number of halogens is 2. The highest BCUT2D eigenvalue weighted by Gasteiger charge is 2.07. The van der Waals surface area contributed by atoms with Crippen molar-refractivity contribution < 1.29 is 0 Å². The van der Waals surface area contributed by atoms with Crippen LogP contribution in [0.5, 0.6) is 0 Å². The van der Waals surface area contributed by atoms with E-state index in [1.165, 1.54) is 10.5 Å². The van der Waals surface area contributed by atoms with Crippen LogP contribution in [-0.4, -0.2) is 9.38 Å². The molecule has 4 nitrogen and oxygen atoms in total. The summed E-state index contributed by atoms with van der Waals surface area (Å²) >= 11 is 11.8. The maximum atomic E-state index is 12.1. The second kappa shape index (κ2) is 6.71. The van der Waals surface area contributed by atoms with Gasteiger partial charge in [0, 0.05) is 29.9 Å². The minimum absolute atomic E-state index is 0.123. The molecule has 0 aliphatic heterocycles. The van der Waals surface area contributed by atoms with Crippen LogP contribution >= 0.6 is 23.2 Å². The van der Waals surface area contributed by atoms with Crippen LogP contribution in [0.1, 0.15) is 24.2 Å². The van der Waals surface area contributed by atoms with Gasteiger partial charge < -0.3 is 5.32 Å². The molecule has 3 rings (SSSR count). The molecular weight excluding hydrogens is 333 g/mol. The average molecular weight is 348 g/mol. The summed E-state index contributed by atoms with van der Waals surface area (Å²) in [5.74, 6) is 0. The maximum Gasteiger partial charge on any atom is 0.258 e. The highest BCUT2D eigenvalue weighted by atomic mass is 35.5. The van der Waals surface area contributed by atoms with Gasteiger partial charge in [-0.2, -0.15) is 0 Å². The molecule has 2 aromatic heterocycles. The molecular formula is C17H15Cl2N3O. The van der Waals surface area contributed by atoms with E-state index in [2.05, 4.69) is 17.2 Å². The van der Waals surface area contributed by atoms with E-state index in [0.717, 1.165) is 5.56 Å². The Morgan fingerprint density at radius 1 is 1.13 bits per heavy atom. The first kappa shape index (κ1) is 16.0. The zero-order valence-corrected chi connectivity index (χ0v) is 14.0. The lowest BCUT2D eigenvalue weighted by molar-refractivity contribution is 0.567. The largest absolute Gasteiger partial charge is 0.305 e. The number of nitrogens with one attached hydrogen (secondary N) is 1. The Labute approximate surface area is 143 Å². The van der Waals surface area contributed by atoms with Gasteiger partial charge in [-0.25, -0.2) is 4.98 Å². The molecule has 0 saturated carbocycles. The van der Waals surface area contributed by atoms with E-state index in [4.69, 9.17) is 23.2 Å². The van der Waals surface area contributed by atoms with Gasteiger partial charge in [0.15, 0.2) is 0 Å². The molecule has 23 heavy (non-hydrogen) atoms. The standard InChI is InChI=1S/C17H15Cl2N3O/c1-11(12-2-4-13(18)5-3-12)20-9-15-8-17(23)22-10-14(19)6-7-16(22)21-15/h2-8,10-11,20H,9H2,1H3/t11-/m0/s1. The van der Waals surface area contributed by atoms with Crippen molar-refractivity contribution in [1.29, 1.82) is 0 Å². The molecule has 3 aromatic rings. The Morgan fingerprint density at radius 3 is 2.57 bits per heavy atom. The summed E-state index contributed by atoms with van der Waals surface area (Å²) in [5.41, 5.74) is 2.25. The van der Waals surface area contributed by atoms with E-state index < -0.39 is 0 Å². The van der Waals surface area contributed by atoms with Gasteiger partial charge in [-0.05, 0) is 36.8 Å². The predicted octanol–water partition coefficient (Wildman–Crippen LogP) is 3.85. The number of aromatic nitrogens is 2. The summed E-state index contributed by atoms with van der Waals surface area (Å²) in [7, 11) is 0. The molecule has 0 amide bonds. The van der Waals surface area contributed by atoms with Crippen molar-refractivity contribution in [2.24, 2.45) is 0 Å². The first-order valence-electron chi connectivity index (χ1n) is 7.19. The molecule has 0 saturated heterocycles. The van der Waals surface area contributed by atoms with Gasteiger partial charge in [0.25, 0.3) is 5.56 Å². The molecule has 0 radical (unpaired) electrons. The first-order valence-corrected chi connectivity index (χ1v) is 7.95. The van der Waals surface area contributed by atoms with E-state index >= 15 is 0 Å². The summed E-state index contributed by atoms with van der Waals surface area (Å²) in [6, 6.07) is 12.8. The van der Waals surface area contributed by atoms with E-state index in [0.29, 0.717) is 27.9 Å². The van der Waals surface area contributed by atoms with Crippen LogP contribution < -0.4 is 10.9 Å². The summed E-state index contributed by atoms with van der Waals surface area (Å²) < 4.78 is 1.44. The van der Waals surface area contributed by atoms with Gasteiger partial charge in [-0.1, -0.05) is 35.3 Å². The molecule has 0 aliphatic carbocycles. The molecule has 0 spiro atoms. The van der Waals surface area contributed by atoms with Crippen molar-refractivity contribution in [2.75, 3.05) is 0 Å². The Balaban J connectivity index is 1.78. The van der Waals surface area contributed by atoms with E-state index in [-0.39, 0.29) is 11.6 Å². The van der Waals surface area contributed by atoms with Gasteiger partial charge in [0.2, 0.25) is 0 Å². The molecule has 1 aromatic carbocycles. The lowest BCUT2D eigenvalue weighted by Gasteiger charge is -2.14. The normalized spacial score (nSPS) is 12.5. The molecule has 1 N–H and O–H groups in total. The van der Waals surface area contributed by atoms with Crippen LogP contribution in [-0.2, 0) is 6.54 Å². The SMILES string of the molecule is C[C@H](NCc1cc(=O)n2cc(Cl)ccc2n1)c1ccc(Cl)cc1. The van der Waals surface area contributed by atoms with Crippen LogP contribution in [0.2, 0.25) is 10.0 Å². The molecule has 0 fully saturated rings. The first-order chi connectivity index (χ1) is 11.0. The second-order valence-corrected chi connectivity index (χ2v) is 6.19. The summed E-state index contributed by atoms with van der Waals surface area (Å²) in [4.78, 5) is 16.6. The van der Waals surface area contributed by atoms with Crippen molar-refractivity contribution in [3.63, 3.8) is 0 Å². The molecule has 0 aliphatic rings. The number of benzene rings is 1.